The van der Waals surface area contributed by atoms with Crippen molar-refractivity contribution in [1.29, 1.82) is 0 Å². The predicted molar refractivity (Wildman–Crippen MR) is 539 cm³/mol. The van der Waals surface area contributed by atoms with E-state index in [9.17, 15) is 0 Å². The molecule has 0 nitrogen and oxygen atoms in total. The Bertz CT molecular complexity index is 8840. The van der Waals surface area contributed by atoms with Crippen LogP contribution in [-0.4, -0.2) is 0 Å². The third-order valence-corrected chi connectivity index (χ3v) is 28.8. The lowest BCUT2D eigenvalue weighted by atomic mass is 9.85. The van der Waals surface area contributed by atoms with Gasteiger partial charge in [0.15, 0.2) is 0 Å². The highest BCUT2D eigenvalue weighted by Gasteiger charge is 2.44. The Morgan fingerprint density at radius 2 is 0.409 bits per heavy atom. The second kappa shape index (κ2) is 27.1. The summed E-state index contributed by atoms with van der Waals surface area (Å²) in [4.78, 5) is 0. The standard InChI is InChI=1S/C46H26.C42H24.C39H24/c1-2-11-27(12-3-1)42-38-23-28-13-4-6-15-30(28)25-40(38)46-44(39-24-29-14-5-7-16-31(29)26-41(39)45(42)46)37-22-21-36-33-18-9-8-17-32(33)34-19-10-20-35(37)43(34)36;1-2-9-25(10-3-1)39-34-21-28-11-4-6-13-30(28)23-36(34)42-40(33-20-19-27-18-17-26-15-8-16-32(33)38(26)27)35-22-29-12-5-7-14-31(29)24-37(35)41(39)42;1-2-11-25(12-3-1)36-32-20-26-13-4-6-15-28(26)22-34(32)39-37(31-19-18-24-10-8-9-17-30(24)31)33-21-27-14-5-7-16-29(27)23-35(33)38(36)39/h1-26H;1-24H;1-23,31H. The van der Waals surface area contributed by atoms with Crippen LogP contribution in [0, 0.1) is 0 Å². The van der Waals surface area contributed by atoms with Gasteiger partial charge < -0.3 is 0 Å². The Kier molecular flexibility index (Phi) is 15.0. The maximum absolute atomic E-state index is 2.44. The average molecular weight is 1600 g/mol. The minimum Gasteiger partial charge on any atom is -0.0720 e. The van der Waals surface area contributed by atoms with Gasteiger partial charge in [0, 0.05) is 5.92 Å². The van der Waals surface area contributed by atoms with Crippen LogP contribution in [0.1, 0.15) is 123 Å². The molecule has 127 heavy (non-hydrogen) atoms. The van der Waals surface area contributed by atoms with Gasteiger partial charge in [0.05, 0.1) is 0 Å². The molecule has 0 heterocycles. The molecule has 0 amide bonds. The van der Waals surface area contributed by atoms with E-state index >= 15 is 0 Å². The zero-order chi connectivity index (χ0) is 82.8. The predicted octanol–water partition coefficient (Wildman–Crippen LogP) is 32.9. The highest BCUT2D eigenvalue weighted by molar-refractivity contribution is 6.41. The fraction of sp³-hybridized carbons (Fsp3) is 0.00787. The molecule has 9 aliphatic rings. The Labute approximate surface area is 735 Å². The molecule has 0 N–H and O–H groups in total. The number of fused-ring (bicyclic) bond motifs is 25. The molecule has 1 unspecified atom stereocenters. The van der Waals surface area contributed by atoms with Crippen LogP contribution in [-0.2, 0) is 0 Å². The smallest absolute Gasteiger partial charge is 0.0291 e. The summed E-state index contributed by atoms with van der Waals surface area (Å²) in [6.07, 6.45) is 9.23. The van der Waals surface area contributed by atoms with Crippen molar-refractivity contribution in [2.45, 2.75) is 5.92 Å². The molecule has 0 saturated heterocycles. The quantitative estimate of drug-likeness (QED) is 0.156. The van der Waals surface area contributed by atoms with Crippen LogP contribution >= 0.6 is 0 Å². The lowest BCUT2D eigenvalue weighted by molar-refractivity contribution is 1.14. The molecule has 0 radical (unpaired) electrons. The molecule has 0 aromatic heterocycles. The number of allylic oxidation sites excluding steroid dienone is 8. The van der Waals surface area contributed by atoms with E-state index in [1.54, 1.807) is 0 Å². The summed E-state index contributed by atoms with van der Waals surface area (Å²) < 4.78 is 0. The van der Waals surface area contributed by atoms with Crippen molar-refractivity contribution >= 4 is 171 Å². The monoisotopic (exact) mass is 1600 g/mol. The summed E-state index contributed by atoms with van der Waals surface area (Å²) in [6, 6.07) is 156. The molecule has 9 aliphatic carbocycles. The first kappa shape index (κ1) is 70.2. The van der Waals surface area contributed by atoms with Gasteiger partial charge in [0.1, 0.15) is 0 Å². The van der Waals surface area contributed by atoms with E-state index in [1.807, 2.05) is 0 Å². The lowest BCUT2D eigenvalue weighted by Gasteiger charge is -2.18. The normalized spacial score (nSPS) is 14.9. The van der Waals surface area contributed by atoms with Crippen LogP contribution in [0.25, 0.3) is 194 Å². The fourth-order valence-corrected chi connectivity index (χ4v) is 23.4. The summed E-state index contributed by atoms with van der Waals surface area (Å²) in [5.41, 5.74) is 49.6. The summed E-state index contributed by atoms with van der Waals surface area (Å²) >= 11 is 0. The number of hydrogen-bond acceptors (Lipinski definition) is 0. The molecule has 0 saturated carbocycles. The molecule has 0 aliphatic heterocycles. The maximum atomic E-state index is 2.44. The van der Waals surface area contributed by atoms with Crippen molar-refractivity contribution in [3.05, 3.63) is 541 Å². The van der Waals surface area contributed by atoms with Gasteiger partial charge in [-0.25, -0.2) is 0 Å². The van der Waals surface area contributed by atoms with Crippen molar-refractivity contribution in [2.24, 2.45) is 0 Å². The molecule has 0 fully saturated rings. The second-order valence-electron chi connectivity index (χ2n) is 35.3. The van der Waals surface area contributed by atoms with Crippen LogP contribution in [0.4, 0.5) is 0 Å². The van der Waals surface area contributed by atoms with Crippen molar-refractivity contribution in [3.63, 3.8) is 0 Å². The van der Waals surface area contributed by atoms with E-state index in [4.69, 9.17) is 0 Å². The third-order valence-electron chi connectivity index (χ3n) is 28.8. The summed E-state index contributed by atoms with van der Waals surface area (Å²) in [6.45, 7) is 0. The van der Waals surface area contributed by atoms with Crippen molar-refractivity contribution in [2.75, 3.05) is 0 Å². The second-order valence-corrected chi connectivity index (χ2v) is 35.3. The van der Waals surface area contributed by atoms with E-state index < -0.39 is 0 Å². The van der Waals surface area contributed by atoms with E-state index in [0.717, 1.165) is 0 Å². The average Bonchev–Trinajstić information content (AvgIpc) is 1.54. The van der Waals surface area contributed by atoms with Gasteiger partial charge in [-0.1, -0.05) is 370 Å². The van der Waals surface area contributed by atoms with Crippen LogP contribution in [0.2, 0.25) is 0 Å². The number of hydrogen-bond donors (Lipinski definition) is 0. The zero-order valence-corrected chi connectivity index (χ0v) is 69.2. The van der Waals surface area contributed by atoms with Gasteiger partial charge in [0.25, 0.3) is 0 Å². The maximum Gasteiger partial charge on any atom is 0.0291 e. The van der Waals surface area contributed by atoms with E-state index in [0.29, 0.717) is 0 Å². The first-order valence-corrected chi connectivity index (χ1v) is 44.5. The van der Waals surface area contributed by atoms with Crippen LogP contribution < -0.4 is 0 Å². The van der Waals surface area contributed by atoms with Crippen molar-refractivity contribution in [1.82, 2.24) is 0 Å². The van der Waals surface area contributed by atoms with E-state index in [2.05, 4.69) is 443 Å². The molecule has 30 rings (SSSR count). The first-order valence-electron chi connectivity index (χ1n) is 44.5. The Balaban J connectivity index is 0.0000000969. The summed E-state index contributed by atoms with van der Waals surface area (Å²) in [5.74, 6) is 0.225. The molecule has 0 bridgehead atoms. The van der Waals surface area contributed by atoms with E-state index in [1.165, 1.54) is 292 Å². The van der Waals surface area contributed by atoms with E-state index in [-0.39, 0.29) is 5.92 Å². The Morgan fingerprint density at radius 1 is 0.142 bits per heavy atom. The van der Waals surface area contributed by atoms with Gasteiger partial charge in [-0.05, 0) is 365 Å². The highest BCUT2D eigenvalue weighted by Crippen LogP contribution is 2.66. The molecule has 21 aromatic carbocycles. The van der Waals surface area contributed by atoms with Crippen LogP contribution in [0.15, 0.2) is 425 Å². The summed E-state index contributed by atoms with van der Waals surface area (Å²) in [7, 11) is 0. The molecule has 1 atom stereocenters. The topological polar surface area (TPSA) is 0 Å². The van der Waals surface area contributed by atoms with Gasteiger partial charge in [0.2, 0.25) is 0 Å². The molecule has 582 valence electrons. The van der Waals surface area contributed by atoms with Crippen LogP contribution in [0.3, 0.4) is 0 Å². The lowest BCUT2D eigenvalue weighted by Crippen LogP contribution is -1.99. The zero-order valence-electron chi connectivity index (χ0n) is 69.2. The van der Waals surface area contributed by atoms with Gasteiger partial charge in [-0.2, -0.15) is 0 Å². The first-order chi connectivity index (χ1) is 63.0. The molecule has 0 heteroatoms. The molecule has 0 spiro atoms. The van der Waals surface area contributed by atoms with Gasteiger partial charge in [-0.15, -0.1) is 0 Å². The molecule has 21 aromatic rings. The third kappa shape index (κ3) is 10.3. The van der Waals surface area contributed by atoms with Crippen LogP contribution in [0.5, 0.6) is 0 Å². The fourth-order valence-electron chi connectivity index (χ4n) is 23.4. The Morgan fingerprint density at radius 3 is 0.827 bits per heavy atom. The highest BCUT2D eigenvalue weighted by atomic mass is 14.5. The van der Waals surface area contributed by atoms with Gasteiger partial charge >= 0.3 is 0 Å². The Hall–Kier alpha value is -16.4. The minimum atomic E-state index is 0.225. The number of benzene rings is 21. The van der Waals surface area contributed by atoms with Crippen molar-refractivity contribution in [3.8, 4) is 22.3 Å². The SMILES string of the molecule is C1=CC(C2=C3C(=C(c4ccccc4)c4cc5ccccc5cc43)c3cc4ccccc4cc32)c2ccccc21.C1=Cc2ccc(C3=C4C(=C(c5ccccc5)c5cc6ccccc6cc54)c4cc5ccccc5cc43)c3cccc1c23.c1ccc(C2=C3C(=C(c4ccc5c6c(cccc46)-c4ccccc4-5)c4cc5ccccc5cc43)c3cc4ccccc4cc32)cc1. The van der Waals surface area contributed by atoms with Gasteiger partial charge in [-0.3, -0.25) is 0 Å². The molecular weight excluding hydrogens is 1530 g/mol. The van der Waals surface area contributed by atoms with Crippen molar-refractivity contribution < 1.29 is 0 Å². The largest absolute Gasteiger partial charge is 0.0720 e. The minimum absolute atomic E-state index is 0.225. The molecular formula is C127H74. The number of rotatable bonds is 6. The summed E-state index contributed by atoms with van der Waals surface area (Å²) in [5, 5.41) is 20.8.